The Hall–Kier alpha value is -1.75. The lowest BCUT2D eigenvalue weighted by atomic mass is 9.62. The molecule has 1 unspecified atom stereocenters. The standard InChI is InChI=1S/C25H36O5/c1-13(2)9-10-24-11-16-22(5,6)15(23(7,8)30)12-25(16,21(24)29)20(28)17(19(24)27)18(26)14(3)4/h9,14-16,28,30H,10-12H2,1-8H3/t15-,16-,24?,25+/m1/s1. The molecule has 0 heterocycles. The van der Waals surface area contributed by atoms with Gasteiger partial charge in [0.05, 0.1) is 16.4 Å². The van der Waals surface area contributed by atoms with E-state index in [1.807, 2.05) is 33.8 Å². The molecule has 2 fully saturated rings. The summed E-state index contributed by atoms with van der Waals surface area (Å²) >= 11 is 0. The SMILES string of the molecule is CC(C)=CCC12C[C@@H]3C(C)(C)[C@H](C(C)(C)O)C[C@@]3(C1=O)C(O)=C(C(=O)C(C)C)C2=O. The van der Waals surface area contributed by atoms with Crippen LogP contribution >= 0.6 is 0 Å². The van der Waals surface area contributed by atoms with E-state index in [-0.39, 0.29) is 41.8 Å². The summed E-state index contributed by atoms with van der Waals surface area (Å²) in [6.07, 6.45) is 2.69. The van der Waals surface area contributed by atoms with Crippen molar-refractivity contribution in [3.63, 3.8) is 0 Å². The predicted octanol–water partition coefficient (Wildman–Crippen LogP) is 4.34. The Bertz CT molecular complexity index is 878. The van der Waals surface area contributed by atoms with Gasteiger partial charge in [-0.1, -0.05) is 39.3 Å². The van der Waals surface area contributed by atoms with Crippen molar-refractivity contribution in [2.75, 3.05) is 0 Å². The fourth-order valence-electron chi connectivity index (χ4n) is 6.62. The van der Waals surface area contributed by atoms with Crippen LogP contribution < -0.4 is 0 Å². The van der Waals surface area contributed by atoms with Crippen LogP contribution in [0, 0.1) is 34.0 Å². The van der Waals surface area contributed by atoms with Crippen molar-refractivity contribution in [3.8, 4) is 0 Å². The largest absolute Gasteiger partial charge is 0.510 e. The molecule has 4 atom stereocenters. The Labute approximate surface area is 179 Å². The highest BCUT2D eigenvalue weighted by Gasteiger charge is 2.78. The van der Waals surface area contributed by atoms with Crippen molar-refractivity contribution in [1.29, 1.82) is 0 Å². The number of carbonyl (C=O) groups is 3. The minimum atomic E-state index is -1.31. The molecule has 0 aliphatic heterocycles. The smallest absolute Gasteiger partial charge is 0.183 e. The number of aliphatic hydroxyl groups excluding tert-OH is 1. The summed E-state index contributed by atoms with van der Waals surface area (Å²) in [6, 6.07) is 0. The zero-order valence-corrected chi connectivity index (χ0v) is 19.5. The summed E-state index contributed by atoms with van der Waals surface area (Å²) < 4.78 is 0. The lowest BCUT2D eigenvalue weighted by molar-refractivity contribution is -0.144. The van der Waals surface area contributed by atoms with Crippen LogP contribution in [0.25, 0.3) is 0 Å². The van der Waals surface area contributed by atoms with Gasteiger partial charge in [0, 0.05) is 5.92 Å². The second-order valence-electron chi connectivity index (χ2n) is 11.4. The van der Waals surface area contributed by atoms with E-state index in [0.29, 0.717) is 6.42 Å². The first-order valence-corrected chi connectivity index (χ1v) is 11.0. The molecule has 30 heavy (non-hydrogen) atoms. The average Bonchev–Trinajstić information content (AvgIpc) is 2.97. The molecule has 166 valence electrons. The first-order chi connectivity index (χ1) is 13.5. The third-order valence-electron chi connectivity index (χ3n) is 8.11. The van der Waals surface area contributed by atoms with Crippen LogP contribution in [0.1, 0.15) is 74.7 Å². The van der Waals surface area contributed by atoms with Crippen LogP contribution in [0.2, 0.25) is 0 Å². The Morgan fingerprint density at radius 1 is 1.20 bits per heavy atom. The maximum Gasteiger partial charge on any atom is 0.183 e. The average molecular weight is 417 g/mol. The lowest BCUT2D eigenvalue weighted by Gasteiger charge is -2.40. The molecular weight excluding hydrogens is 380 g/mol. The van der Waals surface area contributed by atoms with E-state index >= 15 is 0 Å². The van der Waals surface area contributed by atoms with Gasteiger partial charge in [-0.15, -0.1) is 0 Å². The van der Waals surface area contributed by atoms with Gasteiger partial charge in [0.1, 0.15) is 11.3 Å². The van der Waals surface area contributed by atoms with Gasteiger partial charge in [-0.05, 0) is 64.2 Å². The van der Waals surface area contributed by atoms with Crippen molar-refractivity contribution in [1.82, 2.24) is 0 Å². The summed E-state index contributed by atoms with van der Waals surface area (Å²) in [5.74, 6) is -2.57. The Balaban J connectivity index is 2.32. The van der Waals surface area contributed by atoms with Crippen LogP contribution in [0.5, 0.6) is 0 Å². The molecular formula is C25H36O5. The third kappa shape index (κ3) is 2.73. The molecule has 0 amide bonds. The van der Waals surface area contributed by atoms with Gasteiger partial charge in [0.15, 0.2) is 17.3 Å². The van der Waals surface area contributed by atoms with E-state index < -0.39 is 39.3 Å². The Morgan fingerprint density at radius 2 is 1.77 bits per heavy atom. The normalized spacial score (nSPS) is 35.1. The third-order valence-corrected chi connectivity index (χ3v) is 8.11. The van der Waals surface area contributed by atoms with Crippen molar-refractivity contribution in [3.05, 3.63) is 23.0 Å². The summed E-state index contributed by atoms with van der Waals surface area (Å²) in [4.78, 5) is 40.7. The first kappa shape index (κ1) is 22.9. The number of aliphatic hydroxyl groups is 2. The van der Waals surface area contributed by atoms with Crippen molar-refractivity contribution in [2.24, 2.45) is 34.0 Å². The van der Waals surface area contributed by atoms with Crippen LogP contribution in [0.15, 0.2) is 23.0 Å². The zero-order chi connectivity index (χ0) is 23.0. The van der Waals surface area contributed by atoms with Gasteiger partial charge in [0.25, 0.3) is 0 Å². The van der Waals surface area contributed by atoms with Crippen molar-refractivity contribution in [2.45, 2.75) is 80.3 Å². The molecule has 2 bridgehead atoms. The molecule has 0 aromatic rings. The highest BCUT2D eigenvalue weighted by Crippen LogP contribution is 2.73. The van der Waals surface area contributed by atoms with E-state index in [1.165, 1.54) is 0 Å². The molecule has 5 nitrogen and oxygen atoms in total. The molecule has 3 aliphatic rings. The van der Waals surface area contributed by atoms with E-state index in [2.05, 4.69) is 0 Å². The van der Waals surface area contributed by atoms with Gasteiger partial charge in [-0.2, -0.15) is 0 Å². The van der Waals surface area contributed by atoms with Gasteiger partial charge in [0.2, 0.25) is 0 Å². The molecule has 0 saturated heterocycles. The number of ketones is 3. The molecule has 2 saturated carbocycles. The van der Waals surface area contributed by atoms with Crippen molar-refractivity contribution >= 4 is 17.3 Å². The molecule has 2 N–H and O–H groups in total. The summed E-state index contributed by atoms with van der Waals surface area (Å²) in [5, 5.41) is 22.3. The van der Waals surface area contributed by atoms with Gasteiger partial charge >= 0.3 is 0 Å². The number of rotatable bonds is 5. The predicted molar refractivity (Wildman–Crippen MR) is 115 cm³/mol. The molecule has 3 rings (SSSR count). The summed E-state index contributed by atoms with van der Waals surface area (Å²) in [7, 11) is 0. The van der Waals surface area contributed by atoms with E-state index in [1.54, 1.807) is 27.7 Å². The minimum Gasteiger partial charge on any atom is -0.510 e. The minimum absolute atomic E-state index is 0.179. The number of allylic oxidation sites excluding steroid dienone is 4. The maximum absolute atomic E-state index is 14.0. The lowest BCUT2D eigenvalue weighted by Crippen LogP contribution is -2.50. The fraction of sp³-hybridized carbons (Fsp3) is 0.720. The summed E-state index contributed by atoms with van der Waals surface area (Å²) in [6.45, 7) is 14.7. The topological polar surface area (TPSA) is 91.7 Å². The number of carbonyl (C=O) groups excluding carboxylic acids is 3. The molecule has 5 heteroatoms. The van der Waals surface area contributed by atoms with E-state index in [0.717, 1.165) is 5.57 Å². The maximum atomic E-state index is 14.0. The Kier molecular flexibility index (Phi) is 5.06. The molecule has 0 radical (unpaired) electrons. The van der Waals surface area contributed by atoms with Crippen LogP contribution in [-0.2, 0) is 14.4 Å². The molecule has 0 aromatic heterocycles. The quantitative estimate of drug-likeness (QED) is 0.395. The molecule has 1 spiro atoms. The fourth-order valence-corrected chi connectivity index (χ4v) is 6.62. The number of hydrogen-bond acceptors (Lipinski definition) is 5. The van der Waals surface area contributed by atoms with E-state index in [4.69, 9.17) is 0 Å². The van der Waals surface area contributed by atoms with Gasteiger partial charge < -0.3 is 10.2 Å². The summed E-state index contributed by atoms with van der Waals surface area (Å²) in [5.41, 5.74) is -3.32. The molecule has 0 aromatic carbocycles. The van der Waals surface area contributed by atoms with Gasteiger partial charge in [-0.25, -0.2) is 0 Å². The Morgan fingerprint density at radius 3 is 2.23 bits per heavy atom. The van der Waals surface area contributed by atoms with Crippen molar-refractivity contribution < 1.29 is 24.6 Å². The van der Waals surface area contributed by atoms with Crippen LogP contribution in [-0.4, -0.2) is 33.2 Å². The molecule has 3 aliphatic carbocycles. The number of fused-ring (bicyclic) bond motifs is 1. The highest BCUT2D eigenvalue weighted by atomic mass is 16.3. The zero-order valence-electron chi connectivity index (χ0n) is 19.5. The monoisotopic (exact) mass is 416 g/mol. The second-order valence-corrected chi connectivity index (χ2v) is 11.4. The van der Waals surface area contributed by atoms with Crippen LogP contribution in [0.4, 0.5) is 0 Å². The first-order valence-electron chi connectivity index (χ1n) is 11.0. The van der Waals surface area contributed by atoms with Gasteiger partial charge in [-0.3, -0.25) is 14.4 Å². The van der Waals surface area contributed by atoms with Crippen LogP contribution in [0.3, 0.4) is 0 Å². The number of Topliss-reactive ketones (excluding diaryl/α,β-unsaturated/α-hetero) is 3. The second kappa shape index (κ2) is 6.62. The highest BCUT2D eigenvalue weighted by molar-refractivity contribution is 6.32. The number of hydrogen-bond donors (Lipinski definition) is 2. The van der Waals surface area contributed by atoms with E-state index in [9.17, 15) is 24.6 Å².